The van der Waals surface area contributed by atoms with Crippen LogP contribution in [0.15, 0.2) is 24.3 Å². The second-order valence-corrected chi connectivity index (χ2v) is 5.88. The summed E-state index contributed by atoms with van der Waals surface area (Å²) in [6, 6.07) is 6.73. The Hall–Kier alpha value is -2.24. The van der Waals surface area contributed by atoms with Gasteiger partial charge in [-0.15, -0.1) is 0 Å². The molecule has 1 unspecified atom stereocenters. The van der Waals surface area contributed by atoms with Crippen molar-refractivity contribution < 1.29 is 24.2 Å². The number of amides is 1. The molecule has 1 fully saturated rings. The number of carboxylic acids is 1. The summed E-state index contributed by atoms with van der Waals surface area (Å²) in [5.41, 5.74) is 0. The highest BCUT2D eigenvalue weighted by molar-refractivity contribution is 5.84. The van der Waals surface area contributed by atoms with Crippen LogP contribution in [0.5, 0.6) is 11.5 Å². The SMILES string of the molecule is CCOc1ccccc1OCCCC(=O)N(C1CC1)C(C)C(=O)O. The summed E-state index contributed by atoms with van der Waals surface area (Å²) < 4.78 is 11.2. The minimum Gasteiger partial charge on any atom is -0.490 e. The highest BCUT2D eigenvalue weighted by Crippen LogP contribution is 2.30. The van der Waals surface area contributed by atoms with E-state index in [9.17, 15) is 9.59 Å². The van der Waals surface area contributed by atoms with Gasteiger partial charge in [0.25, 0.3) is 0 Å². The number of benzene rings is 1. The van der Waals surface area contributed by atoms with E-state index >= 15 is 0 Å². The molecule has 132 valence electrons. The third-order valence-corrected chi connectivity index (χ3v) is 3.94. The van der Waals surface area contributed by atoms with E-state index < -0.39 is 12.0 Å². The van der Waals surface area contributed by atoms with Crippen LogP contribution in [-0.2, 0) is 9.59 Å². The Morgan fingerprint density at radius 3 is 2.42 bits per heavy atom. The summed E-state index contributed by atoms with van der Waals surface area (Å²) in [4.78, 5) is 25.0. The van der Waals surface area contributed by atoms with Crippen LogP contribution < -0.4 is 9.47 Å². The van der Waals surface area contributed by atoms with Crippen molar-refractivity contribution in [3.63, 3.8) is 0 Å². The number of para-hydroxylation sites is 2. The molecule has 0 spiro atoms. The van der Waals surface area contributed by atoms with Crippen molar-refractivity contribution in [2.24, 2.45) is 0 Å². The van der Waals surface area contributed by atoms with Crippen molar-refractivity contribution in [2.45, 2.75) is 51.6 Å². The monoisotopic (exact) mass is 335 g/mol. The summed E-state index contributed by atoms with van der Waals surface area (Å²) in [5.74, 6) is 0.265. The molecule has 24 heavy (non-hydrogen) atoms. The quantitative estimate of drug-likeness (QED) is 0.665. The highest BCUT2D eigenvalue weighted by Gasteiger charge is 2.37. The maximum absolute atomic E-state index is 12.3. The molecule has 0 aromatic heterocycles. The number of nitrogens with zero attached hydrogens (tertiary/aromatic N) is 1. The number of carbonyl (C=O) groups excluding carboxylic acids is 1. The molecule has 6 heteroatoms. The average Bonchev–Trinajstić information content (AvgIpc) is 3.38. The van der Waals surface area contributed by atoms with E-state index in [2.05, 4.69) is 0 Å². The fourth-order valence-corrected chi connectivity index (χ4v) is 2.59. The zero-order valence-electron chi connectivity index (χ0n) is 14.2. The van der Waals surface area contributed by atoms with E-state index in [1.54, 1.807) is 6.92 Å². The van der Waals surface area contributed by atoms with Gasteiger partial charge >= 0.3 is 5.97 Å². The van der Waals surface area contributed by atoms with Gasteiger partial charge in [0, 0.05) is 12.5 Å². The molecule has 1 N–H and O–H groups in total. The summed E-state index contributed by atoms with van der Waals surface area (Å²) in [5, 5.41) is 9.15. The van der Waals surface area contributed by atoms with E-state index in [-0.39, 0.29) is 18.4 Å². The fourth-order valence-electron chi connectivity index (χ4n) is 2.59. The van der Waals surface area contributed by atoms with Gasteiger partial charge in [0.1, 0.15) is 6.04 Å². The number of ether oxygens (including phenoxy) is 2. The lowest BCUT2D eigenvalue weighted by molar-refractivity contribution is -0.150. The van der Waals surface area contributed by atoms with Gasteiger partial charge in [0.2, 0.25) is 5.91 Å². The maximum Gasteiger partial charge on any atom is 0.326 e. The van der Waals surface area contributed by atoms with Crippen LogP contribution in [-0.4, -0.2) is 47.2 Å². The summed E-state index contributed by atoms with van der Waals surface area (Å²) in [7, 11) is 0. The van der Waals surface area contributed by atoms with Crippen LogP contribution in [0.1, 0.15) is 39.5 Å². The lowest BCUT2D eigenvalue weighted by Gasteiger charge is -2.26. The Morgan fingerprint density at radius 2 is 1.88 bits per heavy atom. The van der Waals surface area contributed by atoms with Gasteiger partial charge < -0.3 is 19.5 Å². The summed E-state index contributed by atoms with van der Waals surface area (Å²) in [6.07, 6.45) is 2.60. The van der Waals surface area contributed by atoms with E-state index in [1.807, 2.05) is 31.2 Å². The Balaban J connectivity index is 1.81. The van der Waals surface area contributed by atoms with E-state index in [4.69, 9.17) is 14.6 Å². The van der Waals surface area contributed by atoms with Crippen molar-refractivity contribution in [2.75, 3.05) is 13.2 Å². The fraction of sp³-hybridized carbons (Fsp3) is 0.556. The van der Waals surface area contributed by atoms with Gasteiger partial charge in [-0.3, -0.25) is 4.79 Å². The van der Waals surface area contributed by atoms with Crippen LogP contribution in [0.25, 0.3) is 0 Å². The van der Waals surface area contributed by atoms with Crippen molar-refractivity contribution >= 4 is 11.9 Å². The molecule has 1 aliphatic carbocycles. The molecule has 2 rings (SSSR count). The lowest BCUT2D eigenvalue weighted by atomic mass is 10.2. The van der Waals surface area contributed by atoms with Crippen molar-refractivity contribution in [1.82, 2.24) is 4.90 Å². The predicted molar refractivity (Wildman–Crippen MR) is 89.3 cm³/mol. The molecule has 6 nitrogen and oxygen atoms in total. The van der Waals surface area contributed by atoms with Crippen LogP contribution in [0.4, 0.5) is 0 Å². The smallest absolute Gasteiger partial charge is 0.326 e. The van der Waals surface area contributed by atoms with Crippen LogP contribution >= 0.6 is 0 Å². The lowest BCUT2D eigenvalue weighted by Crippen LogP contribution is -2.44. The minimum absolute atomic E-state index is 0.0863. The zero-order chi connectivity index (χ0) is 17.5. The Bertz CT molecular complexity index is 570. The third kappa shape index (κ3) is 4.88. The number of aliphatic carboxylic acids is 1. The third-order valence-electron chi connectivity index (χ3n) is 3.94. The molecule has 1 saturated carbocycles. The molecule has 1 aromatic carbocycles. The second kappa shape index (κ2) is 8.57. The number of hydrogen-bond acceptors (Lipinski definition) is 4. The van der Waals surface area contributed by atoms with Crippen molar-refractivity contribution in [3.05, 3.63) is 24.3 Å². The van der Waals surface area contributed by atoms with Crippen LogP contribution in [0.3, 0.4) is 0 Å². The first-order valence-electron chi connectivity index (χ1n) is 8.43. The molecule has 0 bridgehead atoms. The minimum atomic E-state index is -0.961. The standard InChI is InChI=1S/C18H25NO5/c1-3-23-15-7-4-5-8-16(15)24-12-6-9-17(20)19(14-10-11-14)13(2)18(21)22/h4-5,7-8,13-14H,3,6,9-12H2,1-2H3,(H,21,22). The van der Waals surface area contributed by atoms with Gasteiger partial charge in [-0.05, 0) is 45.2 Å². The molecule has 0 saturated heterocycles. The molecule has 0 heterocycles. The highest BCUT2D eigenvalue weighted by atomic mass is 16.5. The molecule has 1 amide bonds. The van der Waals surface area contributed by atoms with Crippen LogP contribution in [0, 0.1) is 0 Å². The molecular weight excluding hydrogens is 310 g/mol. The molecule has 1 atom stereocenters. The summed E-state index contributed by atoms with van der Waals surface area (Å²) in [6.45, 7) is 4.41. The molecule has 0 aliphatic heterocycles. The Morgan fingerprint density at radius 1 is 1.25 bits per heavy atom. The molecule has 1 aromatic rings. The summed E-state index contributed by atoms with van der Waals surface area (Å²) >= 11 is 0. The average molecular weight is 335 g/mol. The van der Waals surface area contributed by atoms with E-state index in [0.29, 0.717) is 31.1 Å². The second-order valence-electron chi connectivity index (χ2n) is 5.88. The number of carboxylic acid groups (broad SMARTS) is 1. The first-order chi connectivity index (χ1) is 11.5. The molecular formula is C18H25NO5. The van der Waals surface area contributed by atoms with Gasteiger partial charge in [0.15, 0.2) is 11.5 Å². The van der Waals surface area contributed by atoms with Crippen molar-refractivity contribution in [3.8, 4) is 11.5 Å². The predicted octanol–water partition coefficient (Wildman–Crippen LogP) is 2.71. The first-order valence-corrected chi connectivity index (χ1v) is 8.43. The van der Waals surface area contributed by atoms with Gasteiger partial charge in [-0.1, -0.05) is 12.1 Å². The molecule has 1 aliphatic rings. The first kappa shape index (κ1) is 18.1. The van der Waals surface area contributed by atoms with E-state index in [1.165, 1.54) is 4.90 Å². The van der Waals surface area contributed by atoms with Crippen molar-refractivity contribution in [1.29, 1.82) is 0 Å². The maximum atomic E-state index is 12.3. The van der Waals surface area contributed by atoms with Gasteiger partial charge in [0.05, 0.1) is 13.2 Å². The van der Waals surface area contributed by atoms with E-state index in [0.717, 1.165) is 12.8 Å². The zero-order valence-corrected chi connectivity index (χ0v) is 14.2. The Kier molecular flexibility index (Phi) is 6.46. The normalized spacial score (nSPS) is 14.8. The molecule has 0 radical (unpaired) electrons. The Labute approximate surface area is 142 Å². The number of carbonyl (C=O) groups is 2. The number of rotatable bonds is 10. The van der Waals surface area contributed by atoms with Gasteiger partial charge in [-0.2, -0.15) is 0 Å². The van der Waals surface area contributed by atoms with Gasteiger partial charge in [-0.25, -0.2) is 4.79 Å². The van der Waals surface area contributed by atoms with Crippen LogP contribution in [0.2, 0.25) is 0 Å². The topological polar surface area (TPSA) is 76.1 Å². The largest absolute Gasteiger partial charge is 0.490 e. The number of hydrogen-bond donors (Lipinski definition) is 1.